The second-order valence-electron chi connectivity index (χ2n) is 7.02. The molecule has 0 aliphatic carbocycles. The lowest BCUT2D eigenvalue weighted by Crippen LogP contribution is -2.36. The average molecular weight is 511 g/mol. The first-order valence-corrected chi connectivity index (χ1v) is 10.5. The Morgan fingerprint density at radius 1 is 1.15 bits per heavy atom. The van der Waals surface area contributed by atoms with Crippen molar-refractivity contribution in [2.24, 2.45) is 0 Å². The highest BCUT2D eigenvalue weighted by Crippen LogP contribution is 2.35. The normalized spacial score (nSPS) is 13.1. The number of methoxy groups -OCH3 is 1. The van der Waals surface area contributed by atoms with Crippen LogP contribution in [0.25, 0.3) is 10.9 Å². The predicted octanol–water partition coefficient (Wildman–Crippen LogP) is 3.49. The largest absolute Gasteiger partial charge is 0.493 e. The van der Waals surface area contributed by atoms with Gasteiger partial charge in [0.15, 0.2) is 11.5 Å². The third-order valence-electron chi connectivity index (χ3n) is 4.94. The summed E-state index contributed by atoms with van der Waals surface area (Å²) in [6, 6.07) is 7.89. The van der Waals surface area contributed by atoms with E-state index in [9.17, 15) is 4.39 Å². The SMILES string of the molecule is COc1cc2c(Nc3ccc(Cl)cc3F)ncnc2cc1OCC#CCN1CCOCC1.Cl.O. The molecular formula is C23H25Cl2FN4O4. The molecule has 1 aliphatic rings. The molecule has 0 radical (unpaired) electrons. The molecule has 0 unspecified atom stereocenters. The number of benzene rings is 2. The summed E-state index contributed by atoms with van der Waals surface area (Å²) in [4.78, 5) is 10.8. The van der Waals surface area contributed by atoms with Crippen molar-refractivity contribution in [1.82, 2.24) is 14.9 Å². The molecule has 2 heterocycles. The van der Waals surface area contributed by atoms with E-state index in [4.69, 9.17) is 25.8 Å². The van der Waals surface area contributed by atoms with Crippen LogP contribution in [0.1, 0.15) is 0 Å². The van der Waals surface area contributed by atoms with E-state index in [1.165, 1.54) is 12.4 Å². The standard InChI is InChI=1S/C23H22ClFN4O3.ClH.H2O/c1-30-21-13-17-20(14-22(21)32-9-3-2-6-29-7-10-31-11-8-29)26-15-27-23(17)28-19-5-4-16(24)12-18(19)25;;/h4-5,12-15H,6-11H2,1H3,(H,26,27,28);1H;1H2. The zero-order valence-corrected chi connectivity index (χ0v) is 20.0. The number of halogens is 3. The number of hydrogen-bond donors (Lipinski definition) is 1. The Hall–Kier alpha value is -2.87. The Labute approximate surface area is 208 Å². The molecule has 34 heavy (non-hydrogen) atoms. The molecule has 1 aliphatic heterocycles. The Morgan fingerprint density at radius 2 is 1.94 bits per heavy atom. The van der Waals surface area contributed by atoms with E-state index in [0.717, 1.165) is 26.3 Å². The lowest BCUT2D eigenvalue weighted by molar-refractivity contribution is 0.0443. The first-order valence-electron chi connectivity index (χ1n) is 10.1. The Bertz CT molecular complexity index is 1170. The van der Waals surface area contributed by atoms with Crippen LogP contribution in [0.3, 0.4) is 0 Å². The average Bonchev–Trinajstić information content (AvgIpc) is 2.81. The smallest absolute Gasteiger partial charge is 0.164 e. The minimum absolute atomic E-state index is 0. The number of rotatable bonds is 6. The van der Waals surface area contributed by atoms with Crippen LogP contribution in [0.4, 0.5) is 15.9 Å². The summed E-state index contributed by atoms with van der Waals surface area (Å²) < 4.78 is 30.8. The first-order chi connectivity index (χ1) is 15.6. The van der Waals surface area contributed by atoms with Crippen LogP contribution >= 0.6 is 24.0 Å². The van der Waals surface area contributed by atoms with Crippen molar-refractivity contribution in [3.63, 3.8) is 0 Å². The quantitative estimate of drug-likeness (QED) is 0.506. The van der Waals surface area contributed by atoms with Crippen LogP contribution in [0, 0.1) is 17.7 Å². The number of anilines is 2. The predicted molar refractivity (Wildman–Crippen MR) is 132 cm³/mol. The van der Waals surface area contributed by atoms with Crippen molar-refractivity contribution in [1.29, 1.82) is 0 Å². The van der Waals surface area contributed by atoms with E-state index in [0.29, 0.717) is 39.8 Å². The summed E-state index contributed by atoms with van der Waals surface area (Å²) in [6.07, 6.45) is 1.40. The second kappa shape index (κ2) is 13.1. The second-order valence-corrected chi connectivity index (χ2v) is 7.46. The Kier molecular flexibility index (Phi) is 10.6. The number of nitrogens with one attached hydrogen (secondary N) is 1. The van der Waals surface area contributed by atoms with Crippen molar-refractivity contribution in [2.75, 3.05) is 51.9 Å². The van der Waals surface area contributed by atoms with Crippen LogP contribution in [0.2, 0.25) is 5.02 Å². The fourth-order valence-corrected chi connectivity index (χ4v) is 3.41. The number of morpholine rings is 1. The molecule has 0 bridgehead atoms. The van der Waals surface area contributed by atoms with Crippen molar-refractivity contribution < 1.29 is 24.1 Å². The number of hydrogen-bond acceptors (Lipinski definition) is 7. The summed E-state index contributed by atoms with van der Waals surface area (Å²) in [5.41, 5.74) is 0.873. The summed E-state index contributed by atoms with van der Waals surface area (Å²) in [6.45, 7) is 4.18. The van der Waals surface area contributed by atoms with Crippen LogP contribution in [-0.2, 0) is 4.74 Å². The van der Waals surface area contributed by atoms with Gasteiger partial charge < -0.3 is 25.0 Å². The third kappa shape index (κ3) is 6.82. The molecule has 11 heteroatoms. The highest BCUT2D eigenvalue weighted by Gasteiger charge is 2.13. The summed E-state index contributed by atoms with van der Waals surface area (Å²) in [5.74, 6) is 7.12. The highest BCUT2D eigenvalue weighted by atomic mass is 35.5. The van der Waals surface area contributed by atoms with E-state index in [1.54, 1.807) is 31.4 Å². The molecule has 3 N–H and O–H groups in total. The van der Waals surface area contributed by atoms with Gasteiger partial charge in [0.1, 0.15) is 24.6 Å². The van der Waals surface area contributed by atoms with Crippen molar-refractivity contribution in [3.05, 3.63) is 47.5 Å². The summed E-state index contributed by atoms with van der Waals surface area (Å²) >= 11 is 5.83. The Balaban J connectivity index is 0.00000204. The molecule has 0 amide bonds. The van der Waals surface area contributed by atoms with Gasteiger partial charge in [-0.3, -0.25) is 4.90 Å². The molecule has 2 aromatic carbocycles. The van der Waals surface area contributed by atoms with Crippen molar-refractivity contribution >= 4 is 46.4 Å². The van der Waals surface area contributed by atoms with Crippen LogP contribution in [0.5, 0.6) is 11.5 Å². The molecule has 1 aromatic heterocycles. The maximum atomic E-state index is 14.2. The van der Waals surface area contributed by atoms with Gasteiger partial charge in [-0.1, -0.05) is 23.4 Å². The lowest BCUT2D eigenvalue weighted by Gasteiger charge is -2.24. The van der Waals surface area contributed by atoms with Crippen LogP contribution in [-0.4, -0.2) is 66.9 Å². The van der Waals surface area contributed by atoms with E-state index in [2.05, 4.69) is 32.0 Å². The minimum Gasteiger partial charge on any atom is -0.493 e. The molecule has 0 atom stereocenters. The number of fused-ring (bicyclic) bond motifs is 1. The lowest BCUT2D eigenvalue weighted by atomic mass is 10.2. The minimum atomic E-state index is -0.480. The summed E-state index contributed by atoms with van der Waals surface area (Å²) in [5, 5.41) is 3.96. The molecule has 3 aromatic rings. The molecule has 0 saturated carbocycles. The van der Waals surface area contributed by atoms with Crippen LogP contribution < -0.4 is 14.8 Å². The number of nitrogens with zero attached hydrogens (tertiary/aromatic N) is 3. The molecule has 8 nitrogen and oxygen atoms in total. The van der Waals surface area contributed by atoms with E-state index in [-0.39, 0.29) is 30.2 Å². The topological polar surface area (TPSA) is 100 Å². The zero-order valence-electron chi connectivity index (χ0n) is 18.4. The van der Waals surface area contributed by atoms with Crippen LogP contribution in [0.15, 0.2) is 36.7 Å². The van der Waals surface area contributed by atoms with Gasteiger partial charge in [-0.25, -0.2) is 14.4 Å². The van der Waals surface area contributed by atoms with Gasteiger partial charge in [-0.2, -0.15) is 0 Å². The van der Waals surface area contributed by atoms with Gasteiger partial charge in [0.25, 0.3) is 0 Å². The van der Waals surface area contributed by atoms with Gasteiger partial charge in [-0.05, 0) is 24.3 Å². The monoisotopic (exact) mass is 510 g/mol. The van der Waals surface area contributed by atoms with Gasteiger partial charge >= 0.3 is 0 Å². The maximum Gasteiger partial charge on any atom is 0.164 e. The zero-order chi connectivity index (χ0) is 22.3. The summed E-state index contributed by atoms with van der Waals surface area (Å²) in [7, 11) is 1.55. The van der Waals surface area contributed by atoms with E-state index >= 15 is 0 Å². The molecule has 1 fully saturated rings. The van der Waals surface area contributed by atoms with Gasteiger partial charge in [0.05, 0.1) is 38.1 Å². The fraction of sp³-hybridized carbons (Fsp3) is 0.304. The maximum absolute atomic E-state index is 14.2. The van der Waals surface area contributed by atoms with Gasteiger partial charge in [-0.15, -0.1) is 12.4 Å². The number of aromatic nitrogens is 2. The van der Waals surface area contributed by atoms with Crippen molar-refractivity contribution in [2.45, 2.75) is 0 Å². The Morgan fingerprint density at radius 3 is 2.68 bits per heavy atom. The first kappa shape index (κ1) is 27.4. The van der Waals surface area contributed by atoms with Gasteiger partial charge in [0, 0.05) is 29.6 Å². The van der Waals surface area contributed by atoms with Gasteiger partial charge in [0.2, 0.25) is 0 Å². The molecule has 1 saturated heterocycles. The van der Waals surface area contributed by atoms with E-state index < -0.39 is 5.82 Å². The fourth-order valence-electron chi connectivity index (χ4n) is 3.25. The molecule has 4 rings (SSSR count). The third-order valence-corrected chi connectivity index (χ3v) is 5.17. The number of ether oxygens (including phenoxy) is 3. The highest BCUT2D eigenvalue weighted by molar-refractivity contribution is 6.30. The van der Waals surface area contributed by atoms with E-state index in [1.807, 2.05) is 0 Å². The molecule has 182 valence electrons. The molecular weight excluding hydrogens is 486 g/mol. The molecule has 0 spiro atoms. The van der Waals surface area contributed by atoms with Crippen molar-refractivity contribution in [3.8, 4) is 23.3 Å².